The van der Waals surface area contributed by atoms with Crippen molar-refractivity contribution in [3.63, 3.8) is 0 Å². The number of rotatable bonds is 7. The Kier molecular flexibility index (Phi) is 6.82. The third kappa shape index (κ3) is 4.94. The predicted molar refractivity (Wildman–Crippen MR) is 141 cm³/mol. The van der Waals surface area contributed by atoms with Gasteiger partial charge >= 0.3 is 5.97 Å². The number of methoxy groups -OCH3 is 1. The standard InChI is InChI=1S/C32H34O3/c1-4-22-8-13-25-14-16-28(29(25)18-22)21(2)6-5-7-23-9-11-24(12-10-23)26-15-17-30-27(19-26)20-31(35-30)32(33)34-3/h1,8,13,15-21,23-24H,5-7,9-12,14H2,2-3H3. The third-order valence-corrected chi connectivity index (χ3v) is 8.15. The van der Waals surface area contributed by atoms with Crippen molar-refractivity contribution < 1.29 is 13.9 Å². The summed E-state index contributed by atoms with van der Waals surface area (Å²) in [6, 6.07) is 14.6. The van der Waals surface area contributed by atoms with Gasteiger partial charge in [0.25, 0.3) is 0 Å². The second-order valence-corrected chi connectivity index (χ2v) is 10.3. The van der Waals surface area contributed by atoms with Gasteiger partial charge in [-0.3, -0.25) is 0 Å². The molecule has 1 aromatic heterocycles. The Bertz CT molecular complexity index is 1290. The van der Waals surface area contributed by atoms with Gasteiger partial charge in [-0.1, -0.05) is 43.9 Å². The van der Waals surface area contributed by atoms with Gasteiger partial charge < -0.3 is 9.15 Å². The topological polar surface area (TPSA) is 39.4 Å². The lowest BCUT2D eigenvalue weighted by molar-refractivity contribution is 0.0567. The number of esters is 1. The van der Waals surface area contributed by atoms with Crippen LogP contribution in [-0.2, 0) is 11.2 Å². The van der Waals surface area contributed by atoms with Crippen LogP contribution in [-0.4, -0.2) is 13.1 Å². The highest BCUT2D eigenvalue weighted by atomic mass is 16.5. The lowest BCUT2D eigenvalue weighted by Crippen LogP contribution is -2.13. The number of hydrogen-bond donors (Lipinski definition) is 0. The first-order chi connectivity index (χ1) is 17.1. The largest absolute Gasteiger partial charge is 0.463 e. The number of terminal acetylenes is 1. The Morgan fingerprint density at radius 2 is 1.97 bits per heavy atom. The number of allylic oxidation sites excluding steroid dienone is 2. The summed E-state index contributed by atoms with van der Waals surface area (Å²) in [5, 5.41) is 0.983. The minimum Gasteiger partial charge on any atom is -0.463 e. The molecule has 0 bridgehead atoms. The maximum absolute atomic E-state index is 11.8. The number of furan rings is 1. The smallest absolute Gasteiger partial charge is 0.373 e. The van der Waals surface area contributed by atoms with Gasteiger partial charge in [-0.2, -0.15) is 0 Å². The van der Waals surface area contributed by atoms with Gasteiger partial charge in [0.2, 0.25) is 5.76 Å². The molecule has 3 aromatic rings. The Hall–Kier alpha value is -3.25. The van der Waals surface area contributed by atoms with Crippen LogP contribution in [0.2, 0.25) is 0 Å². The fourth-order valence-electron chi connectivity index (χ4n) is 6.08. The van der Waals surface area contributed by atoms with Crippen molar-refractivity contribution in [1.29, 1.82) is 0 Å². The number of benzene rings is 2. The van der Waals surface area contributed by atoms with E-state index in [-0.39, 0.29) is 5.76 Å². The maximum atomic E-state index is 11.8. The highest BCUT2D eigenvalue weighted by Crippen LogP contribution is 2.40. The molecule has 5 rings (SSSR count). The molecule has 0 N–H and O–H groups in total. The summed E-state index contributed by atoms with van der Waals surface area (Å²) in [6.45, 7) is 2.37. The van der Waals surface area contributed by atoms with Crippen LogP contribution >= 0.6 is 0 Å². The minimum absolute atomic E-state index is 0.269. The van der Waals surface area contributed by atoms with Crippen LogP contribution in [0.25, 0.3) is 16.5 Å². The van der Waals surface area contributed by atoms with Crippen molar-refractivity contribution in [2.45, 2.75) is 64.2 Å². The Morgan fingerprint density at radius 3 is 2.74 bits per heavy atom. The lowest BCUT2D eigenvalue weighted by Gasteiger charge is -2.29. The van der Waals surface area contributed by atoms with Crippen LogP contribution in [0.5, 0.6) is 0 Å². The van der Waals surface area contributed by atoms with E-state index in [1.54, 1.807) is 6.07 Å². The molecular formula is C32H34O3. The van der Waals surface area contributed by atoms with E-state index >= 15 is 0 Å². The van der Waals surface area contributed by atoms with Crippen LogP contribution in [0.15, 0.2) is 53.0 Å². The van der Waals surface area contributed by atoms with Crippen molar-refractivity contribution in [3.05, 3.63) is 76.6 Å². The normalized spacial score (nSPS) is 20.2. The fraction of sp³-hybridized carbons (Fsp3) is 0.406. The van der Waals surface area contributed by atoms with Gasteiger partial charge in [0.1, 0.15) is 5.58 Å². The molecule has 0 spiro atoms. The molecule has 2 aromatic carbocycles. The van der Waals surface area contributed by atoms with Gasteiger partial charge in [-0.25, -0.2) is 4.79 Å². The molecule has 35 heavy (non-hydrogen) atoms. The summed E-state index contributed by atoms with van der Waals surface area (Å²) in [7, 11) is 1.38. The van der Waals surface area contributed by atoms with Crippen molar-refractivity contribution in [2.75, 3.05) is 7.11 Å². The number of carbonyl (C=O) groups excluding carboxylic acids is 1. The third-order valence-electron chi connectivity index (χ3n) is 8.15. The first-order valence-corrected chi connectivity index (χ1v) is 13.0. The van der Waals surface area contributed by atoms with Gasteiger partial charge in [0, 0.05) is 10.9 Å². The highest BCUT2D eigenvalue weighted by molar-refractivity contribution is 5.92. The maximum Gasteiger partial charge on any atom is 0.373 e. The van der Waals surface area contributed by atoms with Crippen LogP contribution in [0.3, 0.4) is 0 Å². The Morgan fingerprint density at radius 1 is 1.14 bits per heavy atom. The van der Waals surface area contributed by atoms with Crippen LogP contribution < -0.4 is 0 Å². The number of hydrogen-bond acceptors (Lipinski definition) is 3. The minimum atomic E-state index is -0.427. The summed E-state index contributed by atoms with van der Waals surface area (Å²) in [6.07, 6.45) is 18.0. The molecule has 0 amide bonds. The molecule has 0 aliphatic heterocycles. The summed E-state index contributed by atoms with van der Waals surface area (Å²) in [4.78, 5) is 11.8. The second-order valence-electron chi connectivity index (χ2n) is 10.3. The molecule has 180 valence electrons. The van der Waals surface area contributed by atoms with Crippen molar-refractivity contribution >= 4 is 22.5 Å². The molecule has 0 saturated heterocycles. The first-order valence-electron chi connectivity index (χ1n) is 13.0. The van der Waals surface area contributed by atoms with E-state index in [4.69, 9.17) is 15.6 Å². The van der Waals surface area contributed by atoms with Gasteiger partial charge in [0.15, 0.2) is 0 Å². The summed E-state index contributed by atoms with van der Waals surface area (Å²) >= 11 is 0. The van der Waals surface area contributed by atoms with Crippen LogP contribution in [0.4, 0.5) is 0 Å². The molecule has 1 saturated carbocycles. The quantitative estimate of drug-likeness (QED) is 0.262. The van der Waals surface area contributed by atoms with E-state index < -0.39 is 5.97 Å². The number of carbonyl (C=O) groups is 1. The molecule has 1 unspecified atom stereocenters. The van der Waals surface area contributed by atoms with E-state index in [1.807, 2.05) is 6.07 Å². The van der Waals surface area contributed by atoms with Gasteiger partial charge in [0.05, 0.1) is 7.11 Å². The molecule has 1 atom stereocenters. The summed E-state index contributed by atoms with van der Waals surface area (Å²) < 4.78 is 10.4. The Labute approximate surface area is 208 Å². The SMILES string of the molecule is C#Cc1ccc2c(c1)C(C(C)CCCC1CCC(c3ccc4oc(C(=O)OC)cc4c3)CC1)=CC2. The predicted octanol–water partition coefficient (Wildman–Crippen LogP) is 7.92. The monoisotopic (exact) mass is 466 g/mol. The van der Waals surface area contributed by atoms with Crippen molar-refractivity contribution in [2.24, 2.45) is 11.8 Å². The number of ether oxygens (including phenoxy) is 1. The lowest BCUT2D eigenvalue weighted by atomic mass is 9.76. The van der Waals surface area contributed by atoms with E-state index in [0.29, 0.717) is 11.8 Å². The second kappa shape index (κ2) is 10.2. The van der Waals surface area contributed by atoms with Gasteiger partial charge in [-0.05, 0) is 109 Å². The molecule has 2 aliphatic carbocycles. The fourth-order valence-corrected chi connectivity index (χ4v) is 6.08. The zero-order valence-corrected chi connectivity index (χ0v) is 20.8. The molecule has 3 nitrogen and oxygen atoms in total. The van der Waals surface area contributed by atoms with Crippen molar-refractivity contribution in [1.82, 2.24) is 0 Å². The summed E-state index contributed by atoms with van der Waals surface area (Å²) in [5.74, 6) is 4.63. The van der Waals surface area contributed by atoms with E-state index in [1.165, 1.54) is 74.3 Å². The van der Waals surface area contributed by atoms with Gasteiger partial charge in [-0.15, -0.1) is 6.42 Å². The average molecular weight is 467 g/mol. The van der Waals surface area contributed by atoms with Crippen LogP contribution in [0, 0.1) is 24.2 Å². The molecule has 3 heteroatoms. The first kappa shape index (κ1) is 23.5. The Balaban J connectivity index is 1.11. The van der Waals surface area contributed by atoms with E-state index in [0.717, 1.165) is 28.9 Å². The molecular weight excluding hydrogens is 432 g/mol. The van der Waals surface area contributed by atoms with Crippen LogP contribution in [0.1, 0.15) is 90.6 Å². The van der Waals surface area contributed by atoms with E-state index in [2.05, 4.69) is 49.3 Å². The molecule has 1 fully saturated rings. The van der Waals surface area contributed by atoms with Crippen molar-refractivity contribution in [3.8, 4) is 12.3 Å². The van der Waals surface area contributed by atoms with E-state index in [9.17, 15) is 4.79 Å². The number of fused-ring (bicyclic) bond motifs is 2. The highest BCUT2D eigenvalue weighted by Gasteiger charge is 2.24. The molecule has 0 radical (unpaired) electrons. The zero-order chi connectivity index (χ0) is 24.4. The molecule has 1 heterocycles. The average Bonchev–Trinajstić information content (AvgIpc) is 3.52. The zero-order valence-electron chi connectivity index (χ0n) is 20.8. The summed E-state index contributed by atoms with van der Waals surface area (Å²) in [5.41, 5.74) is 7.37. The molecule has 2 aliphatic rings.